The largest absolute Gasteiger partial charge is 0.351 e. The van der Waals surface area contributed by atoms with Gasteiger partial charge in [0.05, 0.1) is 5.75 Å². The van der Waals surface area contributed by atoms with Crippen LogP contribution >= 0.6 is 11.8 Å². The molecule has 0 aliphatic carbocycles. The quantitative estimate of drug-likeness (QED) is 0.638. The number of hydrogen-bond acceptors (Lipinski definition) is 5. The Balaban J connectivity index is 1.95. The Kier molecular flexibility index (Phi) is 4.36. The van der Waals surface area contributed by atoms with Gasteiger partial charge in [-0.05, 0) is 24.3 Å². The lowest BCUT2D eigenvalue weighted by atomic mass is 10.1. The molecule has 3 N–H and O–H groups in total. The van der Waals surface area contributed by atoms with Crippen LogP contribution in [0.3, 0.4) is 0 Å². The van der Waals surface area contributed by atoms with Crippen molar-refractivity contribution in [3.8, 4) is 0 Å². The SMILES string of the molecule is Cn1cnnc1SCC(=O)c1ccc(NC(N)=O)cc1. The van der Waals surface area contributed by atoms with E-state index in [1.165, 1.54) is 11.8 Å². The van der Waals surface area contributed by atoms with E-state index in [2.05, 4.69) is 15.5 Å². The molecule has 20 heavy (non-hydrogen) atoms. The third-order valence-electron chi connectivity index (χ3n) is 2.48. The topological polar surface area (TPSA) is 103 Å². The van der Waals surface area contributed by atoms with Gasteiger partial charge in [-0.3, -0.25) is 4.79 Å². The third-order valence-corrected chi connectivity index (χ3v) is 3.51. The first-order chi connectivity index (χ1) is 9.56. The van der Waals surface area contributed by atoms with Gasteiger partial charge in [-0.15, -0.1) is 10.2 Å². The van der Waals surface area contributed by atoms with Gasteiger partial charge in [0.1, 0.15) is 6.33 Å². The number of primary amides is 1. The monoisotopic (exact) mass is 291 g/mol. The fourth-order valence-electron chi connectivity index (χ4n) is 1.50. The molecule has 1 aromatic carbocycles. The minimum Gasteiger partial charge on any atom is -0.351 e. The maximum Gasteiger partial charge on any atom is 0.316 e. The molecule has 0 aliphatic heterocycles. The Morgan fingerprint density at radius 2 is 2.05 bits per heavy atom. The van der Waals surface area contributed by atoms with E-state index in [0.717, 1.165) is 0 Å². The second kappa shape index (κ2) is 6.20. The number of nitrogens with two attached hydrogens (primary N) is 1. The van der Waals surface area contributed by atoms with Crippen molar-refractivity contribution in [2.75, 3.05) is 11.1 Å². The number of aryl methyl sites for hydroxylation is 1. The van der Waals surface area contributed by atoms with Crippen LogP contribution in [-0.4, -0.2) is 32.3 Å². The van der Waals surface area contributed by atoms with Gasteiger partial charge in [-0.2, -0.15) is 0 Å². The Bertz CT molecular complexity index is 623. The van der Waals surface area contributed by atoms with Gasteiger partial charge >= 0.3 is 6.03 Å². The lowest BCUT2D eigenvalue weighted by Gasteiger charge is -2.04. The van der Waals surface area contributed by atoms with Crippen LogP contribution in [0, 0.1) is 0 Å². The van der Waals surface area contributed by atoms with Crippen LogP contribution in [0.1, 0.15) is 10.4 Å². The molecular weight excluding hydrogens is 278 g/mol. The van der Waals surface area contributed by atoms with Crippen LogP contribution < -0.4 is 11.1 Å². The second-order valence-corrected chi connectivity index (χ2v) is 4.95. The number of hydrogen-bond donors (Lipinski definition) is 2. The summed E-state index contributed by atoms with van der Waals surface area (Å²) in [4.78, 5) is 22.7. The van der Waals surface area contributed by atoms with Crippen molar-refractivity contribution in [1.29, 1.82) is 0 Å². The predicted octanol–water partition coefficient (Wildman–Crippen LogP) is 1.28. The first kappa shape index (κ1) is 14.1. The number of rotatable bonds is 5. The summed E-state index contributed by atoms with van der Waals surface area (Å²) in [7, 11) is 1.82. The van der Waals surface area contributed by atoms with Crippen LogP contribution in [0.5, 0.6) is 0 Å². The van der Waals surface area contributed by atoms with E-state index in [9.17, 15) is 9.59 Å². The van der Waals surface area contributed by atoms with Gasteiger partial charge < -0.3 is 15.6 Å². The van der Waals surface area contributed by atoms with Gasteiger partial charge in [0.2, 0.25) is 0 Å². The van der Waals surface area contributed by atoms with Crippen molar-refractivity contribution >= 4 is 29.3 Å². The van der Waals surface area contributed by atoms with Crippen LogP contribution in [0.4, 0.5) is 10.5 Å². The number of carbonyl (C=O) groups excluding carboxylic acids is 2. The van der Waals surface area contributed by atoms with Crippen LogP contribution in [0.25, 0.3) is 0 Å². The molecule has 0 atom stereocenters. The highest BCUT2D eigenvalue weighted by Crippen LogP contribution is 2.17. The van der Waals surface area contributed by atoms with Crippen molar-refractivity contribution in [3.05, 3.63) is 36.2 Å². The fraction of sp³-hybridized carbons (Fsp3) is 0.167. The number of benzene rings is 1. The standard InChI is InChI=1S/C12H13N5O2S/c1-17-7-14-16-12(17)20-6-10(18)8-2-4-9(5-3-8)15-11(13)19/h2-5,7H,6H2,1H3,(H3,13,15,19). The Morgan fingerprint density at radius 3 is 2.60 bits per heavy atom. The predicted molar refractivity (Wildman–Crippen MR) is 75.7 cm³/mol. The van der Waals surface area contributed by atoms with Crippen LogP contribution in [0.2, 0.25) is 0 Å². The summed E-state index contributed by atoms with van der Waals surface area (Å²) in [6.45, 7) is 0. The summed E-state index contributed by atoms with van der Waals surface area (Å²) in [6, 6.07) is 5.91. The first-order valence-electron chi connectivity index (χ1n) is 5.73. The number of nitrogens with zero attached hydrogens (tertiary/aromatic N) is 3. The zero-order valence-electron chi connectivity index (χ0n) is 10.7. The Hall–Kier alpha value is -2.35. The molecule has 0 fully saturated rings. The van der Waals surface area contributed by atoms with Crippen molar-refractivity contribution in [2.45, 2.75) is 5.16 Å². The van der Waals surface area contributed by atoms with Crippen molar-refractivity contribution in [1.82, 2.24) is 14.8 Å². The fourth-order valence-corrected chi connectivity index (χ4v) is 2.28. The number of amides is 2. The van der Waals surface area contributed by atoms with Crippen LogP contribution in [-0.2, 0) is 7.05 Å². The second-order valence-electron chi connectivity index (χ2n) is 4.00. The average molecular weight is 291 g/mol. The maximum atomic E-state index is 12.0. The number of carbonyl (C=O) groups is 2. The Labute approximate surface area is 119 Å². The molecule has 0 radical (unpaired) electrons. The number of thioether (sulfide) groups is 1. The number of aromatic nitrogens is 3. The molecule has 7 nitrogen and oxygen atoms in total. The van der Waals surface area contributed by atoms with Gasteiger partial charge in [-0.1, -0.05) is 11.8 Å². The van der Waals surface area contributed by atoms with Gasteiger partial charge in [0.15, 0.2) is 10.9 Å². The molecule has 1 aromatic heterocycles. The summed E-state index contributed by atoms with van der Waals surface area (Å²) >= 11 is 1.32. The number of anilines is 1. The summed E-state index contributed by atoms with van der Waals surface area (Å²) in [5.41, 5.74) is 6.12. The molecule has 0 saturated carbocycles. The zero-order chi connectivity index (χ0) is 14.5. The van der Waals surface area contributed by atoms with Gasteiger partial charge in [0.25, 0.3) is 0 Å². The lowest BCUT2D eigenvalue weighted by Crippen LogP contribution is -2.19. The number of ketones is 1. The summed E-state index contributed by atoms with van der Waals surface area (Å²) < 4.78 is 1.75. The molecule has 0 saturated heterocycles. The van der Waals surface area contributed by atoms with E-state index >= 15 is 0 Å². The highest BCUT2D eigenvalue weighted by Gasteiger charge is 2.09. The molecule has 2 amide bonds. The minimum absolute atomic E-state index is 0.0244. The number of nitrogens with one attached hydrogen (secondary N) is 1. The van der Waals surface area contributed by atoms with E-state index in [0.29, 0.717) is 16.4 Å². The molecule has 2 rings (SSSR count). The smallest absolute Gasteiger partial charge is 0.316 e. The molecule has 104 valence electrons. The normalized spacial score (nSPS) is 10.2. The van der Waals surface area contributed by atoms with E-state index in [1.54, 1.807) is 35.2 Å². The summed E-state index contributed by atoms with van der Waals surface area (Å²) in [5.74, 6) is 0.249. The maximum absolute atomic E-state index is 12.0. The summed E-state index contributed by atoms with van der Waals surface area (Å²) in [6.07, 6.45) is 1.58. The highest BCUT2D eigenvalue weighted by atomic mass is 32.2. The van der Waals surface area contributed by atoms with Gasteiger partial charge in [-0.25, -0.2) is 4.79 Å². The zero-order valence-corrected chi connectivity index (χ0v) is 11.6. The highest BCUT2D eigenvalue weighted by molar-refractivity contribution is 7.99. The molecule has 2 aromatic rings. The molecule has 0 unspecified atom stereocenters. The molecule has 8 heteroatoms. The lowest BCUT2D eigenvalue weighted by molar-refractivity contribution is 0.102. The number of urea groups is 1. The molecule has 0 bridgehead atoms. The van der Waals surface area contributed by atoms with E-state index in [1.807, 2.05) is 7.05 Å². The van der Waals surface area contributed by atoms with Crippen molar-refractivity contribution in [2.24, 2.45) is 12.8 Å². The Morgan fingerprint density at radius 1 is 1.35 bits per heavy atom. The minimum atomic E-state index is -0.637. The third kappa shape index (κ3) is 3.58. The summed E-state index contributed by atoms with van der Waals surface area (Å²) in [5, 5.41) is 10.7. The first-order valence-corrected chi connectivity index (χ1v) is 6.71. The van der Waals surface area contributed by atoms with Crippen molar-refractivity contribution < 1.29 is 9.59 Å². The number of Topliss-reactive ketones (excluding diaryl/α,β-unsaturated/α-hetero) is 1. The van der Waals surface area contributed by atoms with Gasteiger partial charge in [0, 0.05) is 18.3 Å². The molecule has 1 heterocycles. The molecule has 0 aliphatic rings. The van der Waals surface area contributed by atoms with Crippen molar-refractivity contribution in [3.63, 3.8) is 0 Å². The molecular formula is C12H13N5O2S. The average Bonchev–Trinajstić information content (AvgIpc) is 2.82. The van der Waals surface area contributed by atoms with E-state index < -0.39 is 6.03 Å². The molecule has 0 spiro atoms. The van der Waals surface area contributed by atoms with E-state index in [4.69, 9.17) is 5.73 Å². The van der Waals surface area contributed by atoms with E-state index in [-0.39, 0.29) is 11.5 Å². The van der Waals surface area contributed by atoms with Crippen LogP contribution in [0.15, 0.2) is 35.7 Å².